The molecule has 0 amide bonds. The molecule has 144 valence electrons. The van der Waals surface area contributed by atoms with E-state index in [0.29, 0.717) is 6.04 Å². The molecule has 4 nitrogen and oxygen atoms in total. The van der Waals surface area contributed by atoms with Crippen molar-refractivity contribution in [2.24, 2.45) is 0 Å². The van der Waals surface area contributed by atoms with Crippen LogP contribution in [0.2, 0.25) is 0 Å². The zero-order valence-electron chi connectivity index (χ0n) is 16.5. The van der Waals surface area contributed by atoms with Gasteiger partial charge in [0.15, 0.2) is 5.82 Å². The lowest BCUT2D eigenvalue weighted by Gasteiger charge is -2.35. The van der Waals surface area contributed by atoms with Gasteiger partial charge in [-0.1, -0.05) is 74.0 Å². The number of hydrogen-bond acceptors (Lipinski definition) is 4. The minimum absolute atomic E-state index is 0.665. The number of nitrogens with zero attached hydrogens (tertiary/aromatic N) is 3. The Labute approximate surface area is 167 Å². The Hall–Kier alpha value is -2.72. The molecule has 4 heteroatoms. The highest BCUT2D eigenvalue weighted by Gasteiger charge is 2.21. The molecular formula is C24H28N4. The van der Waals surface area contributed by atoms with Crippen molar-refractivity contribution in [2.45, 2.75) is 38.6 Å². The van der Waals surface area contributed by atoms with Crippen molar-refractivity contribution in [3.8, 4) is 22.4 Å². The van der Waals surface area contributed by atoms with E-state index in [0.717, 1.165) is 41.4 Å². The molecule has 0 saturated carbocycles. The number of hydrogen-bond donors (Lipinski definition) is 1. The van der Waals surface area contributed by atoms with Crippen molar-refractivity contribution in [3.05, 3.63) is 66.7 Å². The van der Waals surface area contributed by atoms with Crippen molar-refractivity contribution in [2.75, 3.05) is 18.5 Å². The predicted molar refractivity (Wildman–Crippen MR) is 116 cm³/mol. The summed E-state index contributed by atoms with van der Waals surface area (Å²) < 4.78 is 0. The lowest BCUT2D eigenvalue weighted by molar-refractivity contribution is 0.155. The number of likely N-dealkylation sites (tertiary alicyclic amines) is 1. The van der Waals surface area contributed by atoms with E-state index < -0.39 is 0 Å². The van der Waals surface area contributed by atoms with E-state index >= 15 is 0 Å². The summed E-state index contributed by atoms with van der Waals surface area (Å²) in [4.78, 5) is 2.55. The molecule has 0 bridgehead atoms. The second-order valence-electron chi connectivity index (χ2n) is 7.43. The first kappa shape index (κ1) is 18.6. The predicted octanol–water partition coefficient (Wildman–Crippen LogP) is 5.44. The summed E-state index contributed by atoms with van der Waals surface area (Å²) in [7, 11) is 0. The molecule has 1 aromatic heterocycles. The molecule has 1 fully saturated rings. The Morgan fingerprint density at radius 2 is 1.64 bits per heavy atom. The monoisotopic (exact) mass is 372 g/mol. The van der Waals surface area contributed by atoms with Gasteiger partial charge in [-0.2, -0.15) is 0 Å². The third-order valence-electron chi connectivity index (χ3n) is 5.62. The van der Waals surface area contributed by atoms with E-state index in [-0.39, 0.29) is 0 Å². The van der Waals surface area contributed by atoms with Gasteiger partial charge in [0.25, 0.3) is 0 Å². The number of benzene rings is 2. The molecule has 3 aromatic rings. The molecule has 2 aromatic carbocycles. The van der Waals surface area contributed by atoms with Crippen LogP contribution < -0.4 is 5.32 Å². The van der Waals surface area contributed by atoms with Crippen LogP contribution in [-0.2, 0) is 0 Å². The first-order valence-electron chi connectivity index (χ1n) is 10.3. The van der Waals surface area contributed by atoms with Crippen LogP contribution in [0, 0.1) is 0 Å². The second kappa shape index (κ2) is 8.98. The fraction of sp³-hybridized carbons (Fsp3) is 0.333. The van der Waals surface area contributed by atoms with E-state index in [9.17, 15) is 0 Å². The average Bonchev–Trinajstić information content (AvgIpc) is 2.79. The van der Waals surface area contributed by atoms with Crippen molar-refractivity contribution >= 4 is 5.82 Å². The maximum atomic E-state index is 4.58. The Bertz CT molecular complexity index is 880. The first-order valence-corrected chi connectivity index (χ1v) is 10.3. The summed E-state index contributed by atoms with van der Waals surface area (Å²) in [5, 5.41) is 12.7. The molecule has 1 atom stereocenters. The molecular weight excluding hydrogens is 344 g/mol. The van der Waals surface area contributed by atoms with Crippen molar-refractivity contribution in [1.29, 1.82) is 0 Å². The zero-order chi connectivity index (χ0) is 19.2. The molecule has 0 radical (unpaired) electrons. The summed E-state index contributed by atoms with van der Waals surface area (Å²) in [5.41, 5.74) is 4.23. The van der Waals surface area contributed by atoms with Gasteiger partial charge >= 0.3 is 0 Å². The number of anilines is 1. The normalized spacial score (nSPS) is 17.4. The second-order valence-corrected chi connectivity index (χ2v) is 7.43. The highest BCUT2D eigenvalue weighted by Crippen LogP contribution is 2.30. The van der Waals surface area contributed by atoms with Gasteiger partial charge in [-0.15, -0.1) is 10.2 Å². The topological polar surface area (TPSA) is 41.0 Å². The highest BCUT2D eigenvalue weighted by molar-refractivity contribution is 5.78. The van der Waals surface area contributed by atoms with Gasteiger partial charge < -0.3 is 5.32 Å². The SMILES string of the molecule is CCC1CCCCN1CNc1nnc(-c2ccccc2)cc1-c1ccccc1. The van der Waals surface area contributed by atoms with Gasteiger partial charge in [0.1, 0.15) is 0 Å². The number of rotatable bonds is 6. The summed E-state index contributed by atoms with van der Waals surface area (Å²) >= 11 is 0. The number of aromatic nitrogens is 2. The van der Waals surface area contributed by atoms with Crippen LogP contribution in [0.25, 0.3) is 22.4 Å². The fourth-order valence-electron chi connectivity index (χ4n) is 4.02. The molecule has 0 spiro atoms. The molecule has 1 saturated heterocycles. The maximum absolute atomic E-state index is 4.58. The molecule has 0 aliphatic carbocycles. The van der Waals surface area contributed by atoms with Gasteiger partial charge in [0.2, 0.25) is 0 Å². The largest absolute Gasteiger partial charge is 0.355 e. The minimum atomic E-state index is 0.665. The molecule has 1 N–H and O–H groups in total. The van der Waals surface area contributed by atoms with Crippen molar-refractivity contribution < 1.29 is 0 Å². The van der Waals surface area contributed by atoms with E-state index in [1.807, 2.05) is 24.3 Å². The van der Waals surface area contributed by atoms with E-state index in [4.69, 9.17) is 0 Å². The Morgan fingerprint density at radius 3 is 2.36 bits per heavy atom. The van der Waals surface area contributed by atoms with Gasteiger partial charge in [-0.05, 0) is 30.9 Å². The van der Waals surface area contributed by atoms with E-state index in [2.05, 4.69) is 69.8 Å². The molecule has 28 heavy (non-hydrogen) atoms. The fourth-order valence-corrected chi connectivity index (χ4v) is 4.02. The molecule has 1 aliphatic heterocycles. The van der Waals surface area contributed by atoms with Crippen LogP contribution in [0.4, 0.5) is 5.82 Å². The van der Waals surface area contributed by atoms with Crippen LogP contribution in [0.1, 0.15) is 32.6 Å². The van der Waals surface area contributed by atoms with E-state index in [1.54, 1.807) is 0 Å². The summed E-state index contributed by atoms with van der Waals surface area (Å²) in [6, 6.07) is 23.5. The van der Waals surface area contributed by atoms with Crippen LogP contribution in [0.15, 0.2) is 66.7 Å². The van der Waals surface area contributed by atoms with Crippen LogP contribution in [0.5, 0.6) is 0 Å². The van der Waals surface area contributed by atoms with Crippen molar-refractivity contribution in [1.82, 2.24) is 15.1 Å². The number of nitrogens with one attached hydrogen (secondary N) is 1. The number of piperidine rings is 1. The lowest BCUT2D eigenvalue weighted by atomic mass is 10.0. The molecule has 1 unspecified atom stereocenters. The average molecular weight is 373 g/mol. The summed E-state index contributed by atoms with van der Waals surface area (Å²) in [6.07, 6.45) is 5.12. The zero-order valence-corrected chi connectivity index (χ0v) is 16.5. The summed E-state index contributed by atoms with van der Waals surface area (Å²) in [5.74, 6) is 0.853. The smallest absolute Gasteiger partial charge is 0.157 e. The first-order chi connectivity index (χ1) is 13.8. The quantitative estimate of drug-likeness (QED) is 0.625. The summed E-state index contributed by atoms with van der Waals surface area (Å²) in [6.45, 7) is 4.26. The third kappa shape index (κ3) is 4.23. The van der Waals surface area contributed by atoms with Gasteiger partial charge in [0.05, 0.1) is 12.4 Å². The molecule has 4 rings (SSSR count). The van der Waals surface area contributed by atoms with Crippen LogP contribution in [0.3, 0.4) is 0 Å². The Balaban J connectivity index is 1.62. The Kier molecular flexibility index (Phi) is 5.98. The Morgan fingerprint density at radius 1 is 0.929 bits per heavy atom. The van der Waals surface area contributed by atoms with Gasteiger partial charge in [-0.25, -0.2) is 0 Å². The standard InChI is InChI=1S/C24H28N4/c1-2-21-15-9-10-16-28(21)18-25-24-22(19-11-5-3-6-12-19)17-23(26-27-24)20-13-7-4-8-14-20/h3-8,11-14,17,21H,2,9-10,15-16,18H2,1H3,(H,25,27). The maximum Gasteiger partial charge on any atom is 0.157 e. The minimum Gasteiger partial charge on any atom is -0.355 e. The van der Waals surface area contributed by atoms with E-state index in [1.165, 1.54) is 25.7 Å². The van der Waals surface area contributed by atoms with Gasteiger partial charge in [0, 0.05) is 23.7 Å². The van der Waals surface area contributed by atoms with Crippen molar-refractivity contribution in [3.63, 3.8) is 0 Å². The molecule has 1 aliphatic rings. The highest BCUT2D eigenvalue weighted by atomic mass is 15.3. The third-order valence-corrected chi connectivity index (χ3v) is 5.62. The molecule has 2 heterocycles. The lowest BCUT2D eigenvalue weighted by Crippen LogP contribution is -2.42. The van der Waals surface area contributed by atoms with Crippen LogP contribution >= 0.6 is 0 Å². The van der Waals surface area contributed by atoms with Gasteiger partial charge in [-0.3, -0.25) is 4.90 Å². The van der Waals surface area contributed by atoms with Crippen LogP contribution in [-0.4, -0.2) is 34.4 Å².